The molecule has 1 saturated carbocycles. The molecule has 0 unspecified atom stereocenters. The van der Waals surface area contributed by atoms with Gasteiger partial charge in [-0.25, -0.2) is 4.85 Å². The van der Waals surface area contributed by atoms with Gasteiger partial charge in [-0.2, -0.15) is 0 Å². The number of nitrogens with zero attached hydrogens (tertiary/aromatic N) is 3. The molecule has 2 aromatic rings. The highest BCUT2D eigenvalue weighted by Gasteiger charge is 2.35. The highest BCUT2D eigenvalue weighted by atomic mass is 79.9. The first-order chi connectivity index (χ1) is 13.4. The number of hydrogen-bond donors (Lipinski definition) is 0. The molecular weight excluding hydrogens is 394 g/mol. The molecule has 2 heterocycles. The largest absolute Gasteiger partial charge is 0.491 e. The Hall–Kier alpha value is -2.39. The van der Waals surface area contributed by atoms with Crippen LogP contribution in [0.3, 0.4) is 0 Å². The van der Waals surface area contributed by atoms with Crippen LogP contribution < -0.4 is 4.74 Å². The summed E-state index contributed by atoms with van der Waals surface area (Å²) in [5.74, 6) is 0.419. The summed E-state index contributed by atoms with van der Waals surface area (Å²) in [4.78, 5) is 21.7. The third-order valence-electron chi connectivity index (χ3n) is 4.83. The lowest BCUT2D eigenvalue weighted by atomic mass is 9.92. The number of carbonyl (C=O) groups excluding carboxylic acids is 1. The fourth-order valence-corrected chi connectivity index (χ4v) is 3.93. The van der Waals surface area contributed by atoms with E-state index >= 15 is 0 Å². The molecule has 0 saturated heterocycles. The maximum absolute atomic E-state index is 12.8. The molecule has 2 aliphatic rings. The van der Waals surface area contributed by atoms with Crippen LogP contribution in [0.15, 0.2) is 41.0 Å². The van der Waals surface area contributed by atoms with Crippen LogP contribution in [0.25, 0.3) is 4.85 Å². The minimum absolute atomic E-state index is 0.00557. The van der Waals surface area contributed by atoms with E-state index in [-0.39, 0.29) is 23.7 Å². The van der Waals surface area contributed by atoms with Crippen LogP contribution in [0, 0.1) is 6.57 Å². The van der Waals surface area contributed by atoms with Crippen LogP contribution in [0.5, 0.6) is 5.75 Å². The first-order valence-electron chi connectivity index (χ1n) is 9.54. The van der Waals surface area contributed by atoms with E-state index in [0.717, 1.165) is 12.8 Å². The van der Waals surface area contributed by atoms with E-state index in [1.54, 1.807) is 30.3 Å². The summed E-state index contributed by atoms with van der Waals surface area (Å²) in [6.07, 6.45) is 4.34. The molecule has 0 N–H and O–H groups in total. The summed E-state index contributed by atoms with van der Waals surface area (Å²) in [6, 6.07) is 8.44. The molecule has 4 rings (SSSR count). The van der Waals surface area contributed by atoms with E-state index in [2.05, 4.69) is 25.8 Å². The highest BCUT2D eigenvalue weighted by Crippen LogP contribution is 2.34. The zero-order valence-electron chi connectivity index (χ0n) is 16.0. The van der Waals surface area contributed by atoms with Crippen molar-refractivity contribution in [1.29, 1.82) is 0 Å². The Morgan fingerprint density at radius 2 is 2.12 bits per heavy atom. The summed E-state index contributed by atoms with van der Waals surface area (Å²) in [7, 11) is 0. The van der Waals surface area contributed by atoms with Gasteiger partial charge in [0.15, 0.2) is 0 Å². The second kappa shape index (κ2) is 7.08. The highest BCUT2D eigenvalue weighted by molar-refractivity contribution is 9.10. The van der Waals surface area contributed by atoms with Crippen molar-refractivity contribution in [1.82, 2.24) is 9.88 Å². The van der Waals surface area contributed by atoms with Gasteiger partial charge in [-0.3, -0.25) is 9.78 Å². The second-order valence-corrected chi connectivity index (χ2v) is 7.31. The van der Waals surface area contributed by atoms with E-state index in [1.165, 1.54) is 11.1 Å². The number of fused-ring (bicyclic) bond motifs is 1. The van der Waals surface area contributed by atoms with Gasteiger partial charge in [-0.05, 0) is 49.9 Å². The maximum atomic E-state index is 12.8. The van der Waals surface area contributed by atoms with E-state index < -0.39 is 6.50 Å². The summed E-state index contributed by atoms with van der Waals surface area (Å²) >= 11 is 3.37. The molecule has 0 atom stereocenters. The number of ether oxygens (including phenoxy) is 1. The minimum Gasteiger partial charge on any atom is -0.491 e. The molecule has 1 amide bonds. The van der Waals surface area contributed by atoms with Crippen molar-refractivity contribution in [3.8, 4) is 5.75 Å². The lowest BCUT2D eigenvalue weighted by Crippen LogP contribution is -2.40. The molecule has 0 bridgehead atoms. The number of halogens is 1. The standard InChI is InChI=1S/C20H18BrN3O2/c1-22-18-9-8-15(11-17(18)21)26-14-6-4-13(5-7-14)24-12-19-16(20(24)25)3-2-10-23-19/h2-3,8-11,13-14H,4-7,12H2/i12D2. The second-order valence-electron chi connectivity index (χ2n) is 6.46. The number of amides is 1. The summed E-state index contributed by atoms with van der Waals surface area (Å²) in [5, 5.41) is 0. The molecule has 0 radical (unpaired) electrons. The van der Waals surface area contributed by atoms with Crippen molar-refractivity contribution in [2.24, 2.45) is 0 Å². The van der Waals surface area contributed by atoms with Crippen LogP contribution in [0.4, 0.5) is 5.69 Å². The lowest BCUT2D eigenvalue weighted by Gasteiger charge is -2.34. The zero-order valence-corrected chi connectivity index (χ0v) is 15.6. The lowest BCUT2D eigenvalue weighted by molar-refractivity contribution is 0.0560. The Morgan fingerprint density at radius 3 is 2.81 bits per heavy atom. The molecule has 5 nitrogen and oxygen atoms in total. The first-order valence-corrected chi connectivity index (χ1v) is 9.34. The van der Waals surface area contributed by atoms with E-state index in [0.29, 0.717) is 34.3 Å². The first kappa shape index (κ1) is 14.7. The predicted molar refractivity (Wildman–Crippen MR) is 101 cm³/mol. The van der Waals surface area contributed by atoms with Gasteiger partial charge in [-0.1, -0.05) is 22.0 Å². The van der Waals surface area contributed by atoms with Gasteiger partial charge >= 0.3 is 0 Å². The zero-order chi connectivity index (χ0) is 19.9. The fraction of sp³-hybridized carbons (Fsp3) is 0.350. The number of pyridine rings is 1. The molecule has 6 heteroatoms. The monoisotopic (exact) mass is 413 g/mol. The van der Waals surface area contributed by atoms with Gasteiger partial charge in [0.1, 0.15) is 5.75 Å². The smallest absolute Gasteiger partial charge is 0.256 e. The SMILES string of the molecule is [2H]C1([2H])c2ncccc2C(=O)N1C1CCC(Oc2ccc([N+]#[C-])c(Br)c2)CC1. The Balaban J connectivity index is 1.43. The number of benzene rings is 1. The molecule has 0 spiro atoms. The van der Waals surface area contributed by atoms with Gasteiger partial charge in [0.05, 0.1) is 33.2 Å². The van der Waals surface area contributed by atoms with E-state index in [1.807, 2.05) is 0 Å². The van der Waals surface area contributed by atoms with Crippen molar-refractivity contribution < 1.29 is 12.3 Å². The Bertz CT molecular complexity index is 968. The molecule has 1 fully saturated rings. The fourth-order valence-electron chi connectivity index (χ4n) is 3.48. The molecular formula is C20H18BrN3O2. The van der Waals surface area contributed by atoms with Crippen molar-refractivity contribution in [3.05, 3.63) is 63.7 Å². The molecule has 1 aliphatic heterocycles. The average molecular weight is 414 g/mol. The van der Waals surface area contributed by atoms with Crippen LogP contribution in [-0.4, -0.2) is 27.9 Å². The van der Waals surface area contributed by atoms with Crippen LogP contribution in [-0.2, 0) is 6.50 Å². The molecule has 26 heavy (non-hydrogen) atoms. The molecule has 1 aromatic carbocycles. The van der Waals surface area contributed by atoms with E-state index in [9.17, 15) is 4.79 Å². The van der Waals surface area contributed by atoms with Gasteiger partial charge in [0.25, 0.3) is 5.91 Å². The third kappa shape index (κ3) is 3.19. The minimum atomic E-state index is -1.88. The van der Waals surface area contributed by atoms with Crippen LogP contribution in [0.2, 0.25) is 0 Å². The Kier molecular flexibility index (Phi) is 4.02. The van der Waals surface area contributed by atoms with E-state index in [4.69, 9.17) is 14.1 Å². The van der Waals surface area contributed by atoms with Crippen molar-refractivity contribution in [2.75, 3.05) is 0 Å². The third-order valence-corrected chi connectivity index (χ3v) is 5.47. The number of aromatic nitrogens is 1. The van der Waals surface area contributed by atoms with Crippen LogP contribution >= 0.6 is 15.9 Å². The molecule has 1 aromatic heterocycles. The normalized spacial score (nSPS) is 25.1. The topological polar surface area (TPSA) is 46.8 Å². The molecule has 1 aliphatic carbocycles. The molecule has 132 valence electrons. The number of carbonyl (C=O) groups is 1. The summed E-state index contributed by atoms with van der Waals surface area (Å²) < 4.78 is 23.6. The van der Waals surface area contributed by atoms with Crippen molar-refractivity contribution in [3.63, 3.8) is 0 Å². The predicted octanol–water partition coefficient (Wildman–Crippen LogP) is 4.74. The van der Waals surface area contributed by atoms with Gasteiger partial charge in [-0.15, -0.1) is 0 Å². The number of hydrogen-bond acceptors (Lipinski definition) is 3. The van der Waals surface area contributed by atoms with Crippen molar-refractivity contribution in [2.45, 2.75) is 44.3 Å². The van der Waals surface area contributed by atoms with Gasteiger partial charge in [0.2, 0.25) is 5.69 Å². The maximum Gasteiger partial charge on any atom is 0.256 e. The van der Waals surface area contributed by atoms with Gasteiger partial charge in [0, 0.05) is 16.7 Å². The number of rotatable bonds is 3. The summed E-state index contributed by atoms with van der Waals surface area (Å²) in [5.41, 5.74) is 1.11. The Morgan fingerprint density at radius 1 is 1.31 bits per heavy atom. The van der Waals surface area contributed by atoms with Crippen LogP contribution in [0.1, 0.15) is 44.5 Å². The van der Waals surface area contributed by atoms with Gasteiger partial charge < -0.3 is 9.64 Å². The summed E-state index contributed by atoms with van der Waals surface area (Å²) in [6.45, 7) is 5.21. The quantitative estimate of drug-likeness (QED) is 0.682. The average Bonchev–Trinajstić information content (AvgIpc) is 2.89. The van der Waals surface area contributed by atoms with Crippen molar-refractivity contribution >= 4 is 27.5 Å². The Labute approximate surface area is 163 Å².